The molecule has 16 aromatic carbocycles. The molecular weight excluding hydrogens is 1170 g/mol. The van der Waals surface area contributed by atoms with Gasteiger partial charge in [0.1, 0.15) is 0 Å². The summed E-state index contributed by atoms with van der Waals surface area (Å²) in [5, 5.41) is 7.35. The van der Waals surface area contributed by atoms with E-state index in [1.54, 1.807) is 0 Å². The van der Waals surface area contributed by atoms with Crippen molar-refractivity contribution < 1.29 is 0 Å². The van der Waals surface area contributed by atoms with Crippen molar-refractivity contribution in [2.75, 3.05) is 23.9 Å². The fourth-order valence-electron chi connectivity index (χ4n) is 20.3. The fourth-order valence-corrected chi connectivity index (χ4v) is 20.3. The molecule has 0 bridgehead atoms. The van der Waals surface area contributed by atoms with Gasteiger partial charge in [0.25, 0.3) is 0 Å². The summed E-state index contributed by atoms with van der Waals surface area (Å²) in [5.74, 6) is 0. The average molecular weight is 1230 g/mol. The van der Waals surface area contributed by atoms with Gasteiger partial charge in [0, 0.05) is 36.6 Å². The van der Waals surface area contributed by atoms with Crippen molar-refractivity contribution in [3.8, 4) is 77.9 Å². The van der Waals surface area contributed by atoms with Gasteiger partial charge in [0.2, 0.25) is 0 Å². The van der Waals surface area contributed by atoms with Gasteiger partial charge in [-0.25, -0.2) is 0 Å². The van der Waals surface area contributed by atoms with Crippen LogP contribution >= 0.6 is 0 Å². The van der Waals surface area contributed by atoms with E-state index >= 15 is 0 Å². The largest absolute Gasteiger partial charge is 0.344 e. The number of fused-ring (bicyclic) bond motifs is 32. The number of rotatable bonds is 3. The maximum Gasteiger partial charge on any atom is 0.0754 e. The molecular formula is C95H60N2. The minimum absolute atomic E-state index is 0.566. The summed E-state index contributed by atoms with van der Waals surface area (Å²) in [7, 11) is 4.60. The molecule has 0 atom stereocenters. The molecule has 0 fully saturated rings. The fraction of sp³-hybridized carbons (Fsp3) is 0.0526. The molecule has 450 valence electrons. The molecule has 2 nitrogen and oxygen atoms in total. The molecule has 0 unspecified atom stereocenters. The summed E-state index contributed by atoms with van der Waals surface area (Å²) in [6, 6.07) is 126. The summed E-state index contributed by atoms with van der Waals surface area (Å²) < 4.78 is 0. The zero-order chi connectivity index (χ0) is 63.6. The van der Waals surface area contributed by atoms with Gasteiger partial charge in [-0.15, -0.1) is 0 Å². The van der Waals surface area contributed by atoms with Crippen LogP contribution in [0.1, 0.15) is 66.8 Å². The first kappa shape index (κ1) is 53.3. The zero-order valence-electron chi connectivity index (χ0n) is 53.6. The van der Waals surface area contributed by atoms with E-state index in [1.165, 1.54) is 200 Å². The number of anilines is 4. The molecule has 4 aliphatic carbocycles. The Kier molecular flexibility index (Phi) is 10.5. The number of benzene rings is 16. The van der Waals surface area contributed by atoms with Crippen molar-refractivity contribution in [2.45, 2.75) is 16.2 Å². The van der Waals surface area contributed by atoms with Crippen molar-refractivity contribution in [1.29, 1.82) is 0 Å². The lowest BCUT2D eigenvalue weighted by Crippen LogP contribution is -2.36. The lowest BCUT2D eigenvalue weighted by molar-refractivity contribution is 0.749. The second-order valence-electron chi connectivity index (χ2n) is 27.6. The van der Waals surface area contributed by atoms with Crippen molar-refractivity contribution in [3.63, 3.8) is 0 Å². The minimum atomic E-state index is -0.569. The third kappa shape index (κ3) is 6.34. The highest BCUT2D eigenvalue weighted by Crippen LogP contribution is 2.69. The Bertz CT molecular complexity index is 5820. The van der Waals surface area contributed by atoms with Crippen molar-refractivity contribution in [2.24, 2.45) is 0 Å². The SMILES string of the molecule is CN1c2ccccc2C2(c3ccccc3-c3ccccc32)c2cccc(-c3cccc4c(-c5cccc6c5-c5c(ccc7ccccc57)C65c6ccccc6-c6ccccc65)c5cccc(-c6cccc7c6N(C)c6ccccc6C76c7ccccc7-c7ccccc76)c5cc34)c21. The molecule has 22 rings (SSSR count). The summed E-state index contributed by atoms with van der Waals surface area (Å²) in [6.07, 6.45) is 0. The lowest BCUT2D eigenvalue weighted by atomic mass is 9.64. The first-order valence-corrected chi connectivity index (χ1v) is 34.2. The number of nitrogens with zero attached hydrogens (tertiary/aromatic N) is 2. The predicted molar refractivity (Wildman–Crippen MR) is 402 cm³/mol. The van der Waals surface area contributed by atoms with Crippen LogP contribution in [-0.4, -0.2) is 14.1 Å². The second-order valence-corrected chi connectivity index (χ2v) is 27.6. The van der Waals surface area contributed by atoms with Gasteiger partial charge in [-0.05, 0) is 184 Å². The van der Waals surface area contributed by atoms with Crippen LogP contribution in [0.4, 0.5) is 22.7 Å². The standard InChI is InChI=1S/C95H60N2/c1-96-86-52-19-17-47-80(86)93(74-41-11-5-28-61(74)62-29-6-12-42-75(62)93)84-50-23-38-69(91(84)96)59-34-21-36-67-72(59)56-73-60(70-39-24-51-85-92(70)97(2)87-53-20-18-48-81(87)94(85)76-43-13-7-30-63(76)64-31-8-14-44-77(64)94)35-22-37-68(73)88(67)71-40-25-49-82-90(71)89-58-27-4-3-26-57(58)54-55-83(89)95(82)78-45-15-9-32-65(78)66-33-10-16-46-79(66)95/h3-56H,1-2H3. The minimum Gasteiger partial charge on any atom is -0.344 e. The highest BCUT2D eigenvalue weighted by Gasteiger charge is 2.55. The molecule has 0 saturated carbocycles. The van der Waals surface area contributed by atoms with Crippen LogP contribution in [-0.2, 0) is 16.2 Å². The lowest BCUT2D eigenvalue weighted by Gasteiger charge is -2.44. The Morgan fingerprint density at radius 1 is 0.186 bits per heavy atom. The van der Waals surface area contributed by atoms with E-state index in [9.17, 15) is 0 Å². The topological polar surface area (TPSA) is 6.48 Å². The molecule has 0 radical (unpaired) electrons. The number of hydrogen-bond acceptors (Lipinski definition) is 2. The molecule has 0 saturated heterocycles. The van der Waals surface area contributed by atoms with E-state index in [0.717, 1.165) is 0 Å². The molecule has 97 heavy (non-hydrogen) atoms. The van der Waals surface area contributed by atoms with Crippen molar-refractivity contribution in [3.05, 3.63) is 394 Å². The molecule has 6 aliphatic rings. The van der Waals surface area contributed by atoms with Crippen LogP contribution in [0.5, 0.6) is 0 Å². The van der Waals surface area contributed by atoms with Crippen LogP contribution < -0.4 is 9.80 Å². The molecule has 0 amide bonds. The molecule has 0 N–H and O–H groups in total. The second kappa shape index (κ2) is 19.1. The van der Waals surface area contributed by atoms with Gasteiger partial charge >= 0.3 is 0 Å². The Labute approximate surface area is 563 Å². The van der Waals surface area contributed by atoms with Crippen molar-refractivity contribution >= 4 is 55.1 Å². The summed E-state index contributed by atoms with van der Waals surface area (Å²) in [5.41, 5.74) is 36.6. The average Bonchev–Trinajstić information content (AvgIpc) is 1.55. The van der Waals surface area contributed by atoms with E-state index in [4.69, 9.17) is 0 Å². The summed E-state index contributed by atoms with van der Waals surface area (Å²) in [6.45, 7) is 0. The molecule has 2 heterocycles. The van der Waals surface area contributed by atoms with Gasteiger partial charge < -0.3 is 9.80 Å². The van der Waals surface area contributed by atoms with Gasteiger partial charge in [-0.2, -0.15) is 0 Å². The smallest absolute Gasteiger partial charge is 0.0754 e. The van der Waals surface area contributed by atoms with Gasteiger partial charge in [-0.1, -0.05) is 309 Å². The van der Waals surface area contributed by atoms with Gasteiger partial charge in [0.05, 0.1) is 27.6 Å². The Balaban J connectivity index is 0.883. The first-order chi connectivity index (χ1) is 48.0. The van der Waals surface area contributed by atoms with Crippen molar-refractivity contribution in [1.82, 2.24) is 0 Å². The van der Waals surface area contributed by atoms with E-state index in [0.29, 0.717) is 0 Å². The van der Waals surface area contributed by atoms with Crippen LogP contribution in [0.2, 0.25) is 0 Å². The quantitative estimate of drug-likeness (QED) is 0.163. The maximum absolute atomic E-state index is 2.59. The van der Waals surface area contributed by atoms with Gasteiger partial charge in [0.15, 0.2) is 0 Å². The Hall–Kier alpha value is -12.1. The van der Waals surface area contributed by atoms with Gasteiger partial charge in [-0.3, -0.25) is 0 Å². The van der Waals surface area contributed by atoms with E-state index in [-0.39, 0.29) is 0 Å². The maximum atomic E-state index is 2.59. The third-order valence-corrected chi connectivity index (χ3v) is 23.7. The highest BCUT2D eigenvalue weighted by molar-refractivity contribution is 6.23. The van der Waals surface area contributed by atoms with Crippen LogP contribution in [0, 0.1) is 0 Å². The number of hydrogen-bond donors (Lipinski definition) is 0. The summed E-state index contributed by atoms with van der Waals surface area (Å²) >= 11 is 0. The van der Waals surface area contributed by atoms with E-state index < -0.39 is 16.2 Å². The molecule has 2 aliphatic heterocycles. The predicted octanol–water partition coefficient (Wildman–Crippen LogP) is 23.4. The van der Waals surface area contributed by atoms with Crippen LogP contribution in [0.3, 0.4) is 0 Å². The monoisotopic (exact) mass is 1230 g/mol. The molecule has 16 aromatic rings. The Morgan fingerprint density at radius 3 is 0.928 bits per heavy atom. The number of para-hydroxylation sites is 4. The van der Waals surface area contributed by atoms with E-state index in [2.05, 4.69) is 351 Å². The van der Waals surface area contributed by atoms with Crippen LogP contribution in [0.15, 0.2) is 328 Å². The summed E-state index contributed by atoms with van der Waals surface area (Å²) in [4.78, 5) is 5.01. The van der Waals surface area contributed by atoms with E-state index in [1.807, 2.05) is 0 Å². The first-order valence-electron chi connectivity index (χ1n) is 34.2. The molecule has 0 aromatic heterocycles. The van der Waals surface area contributed by atoms with Crippen LogP contribution in [0.25, 0.3) is 110 Å². The third-order valence-electron chi connectivity index (χ3n) is 23.7. The normalized spacial score (nSPS) is 14.9. The molecule has 2 heteroatoms. The molecule has 3 spiro atoms. The zero-order valence-corrected chi connectivity index (χ0v) is 53.6. The Morgan fingerprint density at radius 2 is 0.485 bits per heavy atom. The highest BCUT2D eigenvalue weighted by atomic mass is 15.1.